The van der Waals surface area contributed by atoms with Crippen molar-refractivity contribution >= 4 is 21.6 Å². The molecule has 134 valence electrons. The Bertz CT molecular complexity index is 804. The van der Waals surface area contributed by atoms with Gasteiger partial charge in [0, 0.05) is 18.1 Å². The van der Waals surface area contributed by atoms with Gasteiger partial charge in [0.25, 0.3) is 0 Å². The highest BCUT2D eigenvalue weighted by molar-refractivity contribution is 7.89. The van der Waals surface area contributed by atoms with E-state index in [9.17, 15) is 13.5 Å². The van der Waals surface area contributed by atoms with E-state index < -0.39 is 16.1 Å². The van der Waals surface area contributed by atoms with Crippen molar-refractivity contribution in [1.82, 2.24) is 4.31 Å². The lowest BCUT2D eigenvalue weighted by Gasteiger charge is -2.23. The molecule has 1 unspecified atom stereocenters. The molecular formula is C19H22ClNO3S. The van der Waals surface area contributed by atoms with E-state index in [-0.39, 0.29) is 29.4 Å². The summed E-state index contributed by atoms with van der Waals surface area (Å²) in [6, 6.07) is 15.8. The molecule has 0 aliphatic heterocycles. The van der Waals surface area contributed by atoms with Gasteiger partial charge in [-0.2, -0.15) is 4.31 Å². The van der Waals surface area contributed by atoms with Crippen molar-refractivity contribution in [2.24, 2.45) is 0 Å². The summed E-state index contributed by atoms with van der Waals surface area (Å²) in [5, 5.41) is 10.5. The van der Waals surface area contributed by atoms with Gasteiger partial charge in [-0.05, 0) is 31.0 Å². The Labute approximate surface area is 154 Å². The number of halogens is 1. The van der Waals surface area contributed by atoms with Crippen LogP contribution in [0.25, 0.3) is 0 Å². The molecule has 2 rings (SSSR count). The number of aryl methyl sites for hydroxylation is 1. The van der Waals surface area contributed by atoms with Crippen LogP contribution in [-0.4, -0.2) is 30.9 Å². The van der Waals surface area contributed by atoms with Crippen LogP contribution in [0.3, 0.4) is 0 Å². The van der Waals surface area contributed by atoms with Gasteiger partial charge in [0.1, 0.15) is 0 Å². The van der Waals surface area contributed by atoms with Gasteiger partial charge in [0.05, 0.1) is 11.0 Å². The summed E-state index contributed by atoms with van der Waals surface area (Å²) >= 11 is 5.86. The maximum Gasteiger partial charge on any atom is 0.243 e. The first-order valence-electron chi connectivity index (χ1n) is 7.94. The lowest BCUT2D eigenvalue weighted by Crippen LogP contribution is -2.33. The van der Waals surface area contributed by atoms with Crippen molar-refractivity contribution in [3.8, 4) is 0 Å². The Balaban J connectivity index is 2.18. The maximum absolute atomic E-state index is 12.9. The molecule has 1 N–H and O–H groups in total. The van der Waals surface area contributed by atoms with Crippen molar-refractivity contribution < 1.29 is 13.5 Å². The Morgan fingerprint density at radius 2 is 1.76 bits per heavy atom. The number of benzene rings is 2. The standard InChI is InChI=1S/C19H22ClNO3S/c1-15-8-10-18(11-9-15)25(23,24)21(14-16(2)20)13-12-19(22)17-6-4-3-5-7-17/h3-11,19,22H,2,12-14H2,1H3. The van der Waals surface area contributed by atoms with Gasteiger partial charge >= 0.3 is 0 Å². The van der Waals surface area contributed by atoms with E-state index in [4.69, 9.17) is 11.6 Å². The van der Waals surface area contributed by atoms with E-state index >= 15 is 0 Å². The summed E-state index contributed by atoms with van der Waals surface area (Å²) in [5.74, 6) is 0. The minimum Gasteiger partial charge on any atom is -0.388 e. The predicted molar refractivity (Wildman–Crippen MR) is 101 cm³/mol. The van der Waals surface area contributed by atoms with Gasteiger partial charge in [-0.25, -0.2) is 8.42 Å². The maximum atomic E-state index is 12.9. The molecule has 4 nitrogen and oxygen atoms in total. The molecule has 0 heterocycles. The van der Waals surface area contributed by atoms with Crippen LogP contribution in [0.4, 0.5) is 0 Å². The molecule has 0 saturated carbocycles. The largest absolute Gasteiger partial charge is 0.388 e. The quantitative estimate of drug-likeness (QED) is 0.757. The summed E-state index contributed by atoms with van der Waals surface area (Å²) in [7, 11) is -3.71. The van der Waals surface area contributed by atoms with Gasteiger partial charge in [0.15, 0.2) is 0 Å². The second-order valence-electron chi connectivity index (χ2n) is 5.88. The second-order valence-corrected chi connectivity index (χ2v) is 8.36. The minimum absolute atomic E-state index is 0.000719. The number of rotatable bonds is 8. The fourth-order valence-electron chi connectivity index (χ4n) is 2.44. The molecular weight excluding hydrogens is 358 g/mol. The van der Waals surface area contributed by atoms with E-state index in [0.29, 0.717) is 0 Å². The zero-order valence-electron chi connectivity index (χ0n) is 14.1. The van der Waals surface area contributed by atoms with Crippen LogP contribution in [0.1, 0.15) is 23.7 Å². The molecule has 0 radical (unpaired) electrons. The topological polar surface area (TPSA) is 57.6 Å². The molecule has 0 amide bonds. The minimum atomic E-state index is -3.71. The van der Waals surface area contributed by atoms with E-state index in [1.54, 1.807) is 24.3 Å². The van der Waals surface area contributed by atoms with Crippen LogP contribution in [0.15, 0.2) is 71.1 Å². The Kier molecular flexibility index (Phi) is 6.79. The molecule has 0 spiro atoms. The fraction of sp³-hybridized carbons (Fsp3) is 0.263. The number of sulfonamides is 1. The molecule has 0 saturated heterocycles. The third-order valence-corrected chi connectivity index (χ3v) is 5.82. The van der Waals surface area contributed by atoms with Crippen LogP contribution >= 0.6 is 11.6 Å². The average Bonchev–Trinajstić information content (AvgIpc) is 2.59. The molecule has 0 fully saturated rings. The van der Waals surface area contributed by atoms with Crippen molar-refractivity contribution in [3.05, 3.63) is 77.3 Å². The molecule has 0 aliphatic rings. The highest BCUT2D eigenvalue weighted by Gasteiger charge is 2.25. The number of hydrogen-bond acceptors (Lipinski definition) is 3. The normalized spacial score (nSPS) is 13.0. The number of hydrogen-bond donors (Lipinski definition) is 1. The number of nitrogens with zero attached hydrogens (tertiary/aromatic N) is 1. The first-order valence-corrected chi connectivity index (χ1v) is 9.75. The summed E-state index contributed by atoms with van der Waals surface area (Å²) < 4.78 is 27.0. The van der Waals surface area contributed by atoms with Gasteiger partial charge < -0.3 is 5.11 Å². The lowest BCUT2D eigenvalue weighted by molar-refractivity contribution is 0.159. The number of aliphatic hydroxyl groups excluding tert-OH is 1. The van der Waals surface area contributed by atoms with Crippen LogP contribution in [0.2, 0.25) is 0 Å². The average molecular weight is 380 g/mol. The van der Waals surface area contributed by atoms with Crippen LogP contribution in [-0.2, 0) is 10.0 Å². The van der Waals surface area contributed by atoms with Gasteiger partial charge in [-0.15, -0.1) is 0 Å². The van der Waals surface area contributed by atoms with Crippen LogP contribution in [0.5, 0.6) is 0 Å². The second kappa shape index (κ2) is 8.63. The van der Waals surface area contributed by atoms with Gasteiger partial charge in [0.2, 0.25) is 10.0 Å². The van der Waals surface area contributed by atoms with Crippen molar-refractivity contribution in [1.29, 1.82) is 0 Å². The van der Waals surface area contributed by atoms with E-state index in [0.717, 1.165) is 11.1 Å². The fourth-order valence-corrected chi connectivity index (χ4v) is 4.11. The van der Waals surface area contributed by atoms with Gasteiger partial charge in [-0.3, -0.25) is 0 Å². The summed E-state index contributed by atoms with van der Waals surface area (Å²) in [6.45, 7) is 5.63. The Morgan fingerprint density at radius 3 is 2.32 bits per heavy atom. The smallest absolute Gasteiger partial charge is 0.243 e. The molecule has 2 aromatic rings. The SMILES string of the molecule is C=C(Cl)CN(CCC(O)c1ccccc1)S(=O)(=O)c1ccc(C)cc1. The van der Waals surface area contributed by atoms with E-state index in [1.807, 2.05) is 37.3 Å². The van der Waals surface area contributed by atoms with E-state index in [2.05, 4.69) is 6.58 Å². The third kappa shape index (κ3) is 5.41. The monoisotopic (exact) mass is 379 g/mol. The Hall–Kier alpha value is -1.66. The third-order valence-electron chi connectivity index (χ3n) is 3.84. The zero-order valence-corrected chi connectivity index (χ0v) is 15.7. The number of aliphatic hydroxyl groups is 1. The molecule has 0 aliphatic carbocycles. The van der Waals surface area contributed by atoms with Crippen molar-refractivity contribution in [2.45, 2.75) is 24.3 Å². The van der Waals surface area contributed by atoms with Crippen LogP contribution in [0, 0.1) is 6.92 Å². The van der Waals surface area contributed by atoms with Gasteiger partial charge in [-0.1, -0.05) is 66.2 Å². The lowest BCUT2D eigenvalue weighted by atomic mass is 10.1. The molecule has 0 aromatic heterocycles. The van der Waals surface area contributed by atoms with Crippen molar-refractivity contribution in [2.75, 3.05) is 13.1 Å². The Morgan fingerprint density at radius 1 is 1.16 bits per heavy atom. The highest BCUT2D eigenvalue weighted by Crippen LogP contribution is 2.22. The van der Waals surface area contributed by atoms with Crippen LogP contribution < -0.4 is 0 Å². The zero-order chi connectivity index (χ0) is 18.4. The molecule has 6 heteroatoms. The molecule has 0 bridgehead atoms. The van der Waals surface area contributed by atoms with Crippen molar-refractivity contribution in [3.63, 3.8) is 0 Å². The molecule has 25 heavy (non-hydrogen) atoms. The molecule has 1 atom stereocenters. The molecule has 2 aromatic carbocycles. The predicted octanol–water partition coefficient (Wildman–Crippen LogP) is 3.86. The summed E-state index contributed by atoms with van der Waals surface area (Å²) in [4.78, 5) is 0.199. The highest BCUT2D eigenvalue weighted by atomic mass is 35.5. The summed E-state index contributed by atoms with van der Waals surface area (Å²) in [5.41, 5.74) is 1.73. The first-order chi connectivity index (χ1) is 11.8. The van der Waals surface area contributed by atoms with E-state index in [1.165, 1.54) is 4.31 Å². The first kappa shape index (κ1) is 19.7. The summed E-state index contributed by atoms with van der Waals surface area (Å²) in [6.07, 6.45) is -0.486.